The van der Waals surface area contributed by atoms with Crippen LogP contribution in [0.2, 0.25) is 0 Å². The van der Waals surface area contributed by atoms with Crippen molar-refractivity contribution in [1.29, 1.82) is 0 Å². The van der Waals surface area contributed by atoms with E-state index >= 15 is 0 Å². The van der Waals surface area contributed by atoms with Crippen LogP contribution in [0.15, 0.2) is 23.3 Å². The lowest BCUT2D eigenvalue weighted by Gasteiger charge is -2.55. The minimum absolute atomic E-state index is 0.104. The molecule has 7 atom stereocenters. The molecule has 27 heavy (non-hydrogen) atoms. The third kappa shape index (κ3) is 3.17. The Hall–Kier alpha value is -0.560. The van der Waals surface area contributed by atoms with Gasteiger partial charge in [-0.2, -0.15) is 0 Å². The molecule has 4 aliphatic rings. The molecule has 0 aliphatic heterocycles. The van der Waals surface area contributed by atoms with Gasteiger partial charge in [0.2, 0.25) is 0 Å². The highest BCUT2D eigenvalue weighted by molar-refractivity contribution is 5.38. The molecule has 1 nitrogen and oxygen atoms in total. The Morgan fingerprint density at radius 1 is 1.04 bits per heavy atom. The third-order valence-electron chi connectivity index (χ3n) is 9.57. The number of allylic oxidation sites excluding steroid dienone is 3. The first kappa shape index (κ1) is 19.7. The van der Waals surface area contributed by atoms with Gasteiger partial charge in [-0.05, 0) is 79.4 Å². The minimum Gasteiger partial charge on any atom is -0.393 e. The summed E-state index contributed by atoms with van der Waals surface area (Å²) < 4.78 is 0. The fraction of sp³-hybridized carbons (Fsp3) is 0.846. The summed E-state index contributed by atoms with van der Waals surface area (Å²) in [6.45, 7) is 10.0. The number of hydrogen-bond donors (Lipinski definition) is 1. The Labute approximate surface area is 167 Å². The Balaban J connectivity index is 1.56. The molecule has 1 N–H and O–H groups in total. The van der Waals surface area contributed by atoms with Crippen LogP contribution in [0.3, 0.4) is 0 Å². The molecule has 0 spiro atoms. The molecule has 1 heteroatoms. The van der Waals surface area contributed by atoms with Gasteiger partial charge >= 0.3 is 0 Å². The van der Waals surface area contributed by atoms with E-state index in [1.807, 2.05) is 0 Å². The Kier molecular flexibility index (Phi) is 5.38. The first-order valence-electron chi connectivity index (χ1n) is 12.0. The number of unbranched alkanes of at least 4 members (excludes halogenated alkanes) is 2. The molecule has 152 valence electrons. The summed E-state index contributed by atoms with van der Waals surface area (Å²) in [5.74, 6) is 3.37. The molecule has 3 saturated carbocycles. The summed E-state index contributed by atoms with van der Waals surface area (Å²) in [6.07, 6.45) is 19.2. The number of hydrogen-bond acceptors (Lipinski definition) is 1. The van der Waals surface area contributed by atoms with Gasteiger partial charge in [-0.25, -0.2) is 0 Å². The van der Waals surface area contributed by atoms with Gasteiger partial charge in [0.05, 0.1) is 6.10 Å². The predicted molar refractivity (Wildman–Crippen MR) is 114 cm³/mol. The van der Waals surface area contributed by atoms with Crippen LogP contribution in [0, 0.1) is 34.5 Å². The van der Waals surface area contributed by atoms with Gasteiger partial charge in [-0.15, -0.1) is 0 Å². The SMILES string of the molecule is CCCCC[C@@H](C)[C@H]1CC[C@H]2C3=CC=C4C[C@@H](O)CC[C@]4(C)[C@H]3CC[C@]12C. The van der Waals surface area contributed by atoms with E-state index in [2.05, 4.69) is 39.8 Å². The number of aliphatic hydroxyl groups excluding tert-OH is 1. The Bertz CT molecular complexity index is 616. The standard InChI is InChI=1S/C26H42O/c1-5-6-7-8-18(2)22-11-12-23-21-10-9-19-17-20(27)13-15-25(19,3)24(21)14-16-26(22,23)4/h9-10,18,20,22-24,27H,5-8,11-17H2,1-4H3/t18-,20+,22-,23+,24+,25+,26-/m1/s1. The van der Waals surface area contributed by atoms with E-state index in [0.717, 1.165) is 36.5 Å². The fourth-order valence-electron chi connectivity index (χ4n) is 7.88. The van der Waals surface area contributed by atoms with Crippen molar-refractivity contribution in [2.45, 2.75) is 104 Å². The zero-order valence-corrected chi connectivity index (χ0v) is 18.3. The molecule has 0 bridgehead atoms. The molecule has 0 amide bonds. The maximum Gasteiger partial charge on any atom is 0.0578 e. The van der Waals surface area contributed by atoms with Gasteiger partial charge in [-0.1, -0.05) is 76.7 Å². The summed E-state index contributed by atoms with van der Waals surface area (Å²) in [4.78, 5) is 0. The largest absolute Gasteiger partial charge is 0.393 e. The van der Waals surface area contributed by atoms with Gasteiger partial charge in [0.1, 0.15) is 0 Å². The smallest absolute Gasteiger partial charge is 0.0578 e. The normalized spacial score (nSPS) is 44.6. The molecule has 0 heterocycles. The van der Waals surface area contributed by atoms with Crippen LogP contribution in [0.25, 0.3) is 0 Å². The molecule has 4 aliphatic carbocycles. The average Bonchev–Trinajstić information content (AvgIpc) is 3.00. The van der Waals surface area contributed by atoms with Crippen molar-refractivity contribution in [3.05, 3.63) is 23.3 Å². The van der Waals surface area contributed by atoms with E-state index < -0.39 is 0 Å². The van der Waals surface area contributed by atoms with Crippen molar-refractivity contribution in [2.75, 3.05) is 0 Å². The second-order valence-corrected chi connectivity index (χ2v) is 11.0. The van der Waals surface area contributed by atoms with Gasteiger partial charge < -0.3 is 5.11 Å². The van der Waals surface area contributed by atoms with Crippen LogP contribution < -0.4 is 0 Å². The molecule has 3 fully saturated rings. The lowest BCUT2D eigenvalue weighted by Crippen LogP contribution is -2.46. The molecule has 0 aromatic carbocycles. The monoisotopic (exact) mass is 370 g/mol. The van der Waals surface area contributed by atoms with Crippen molar-refractivity contribution < 1.29 is 5.11 Å². The zero-order chi connectivity index (χ0) is 19.2. The highest BCUT2D eigenvalue weighted by Gasteiger charge is 2.56. The maximum absolute atomic E-state index is 10.2. The lowest BCUT2D eigenvalue weighted by molar-refractivity contribution is 0.0323. The lowest BCUT2D eigenvalue weighted by atomic mass is 9.50. The minimum atomic E-state index is -0.104. The molecule has 0 unspecified atom stereocenters. The van der Waals surface area contributed by atoms with E-state index in [1.165, 1.54) is 57.8 Å². The topological polar surface area (TPSA) is 20.2 Å². The maximum atomic E-state index is 10.2. The van der Waals surface area contributed by atoms with Crippen molar-refractivity contribution in [3.8, 4) is 0 Å². The molecular formula is C26H42O. The Morgan fingerprint density at radius 2 is 1.85 bits per heavy atom. The predicted octanol–water partition coefficient (Wildman–Crippen LogP) is 7.06. The third-order valence-corrected chi connectivity index (χ3v) is 9.57. The van der Waals surface area contributed by atoms with E-state index in [4.69, 9.17) is 0 Å². The van der Waals surface area contributed by atoms with E-state index in [9.17, 15) is 5.11 Å². The summed E-state index contributed by atoms with van der Waals surface area (Å²) >= 11 is 0. The highest BCUT2D eigenvalue weighted by atomic mass is 16.3. The first-order chi connectivity index (χ1) is 12.9. The number of rotatable bonds is 5. The van der Waals surface area contributed by atoms with Gasteiger partial charge in [-0.3, -0.25) is 0 Å². The van der Waals surface area contributed by atoms with Crippen LogP contribution in [0.4, 0.5) is 0 Å². The molecule has 0 aromatic rings. The van der Waals surface area contributed by atoms with Crippen molar-refractivity contribution in [3.63, 3.8) is 0 Å². The summed E-state index contributed by atoms with van der Waals surface area (Å²) in [6, 6.07) is 0. The van der Waals surface area contributed by atoms with Gasteiger partial charge in [0.25, 0.3) is 0 Å². The number of aliphatic hydroxyl groups is 1. The van der Waals surface area contributed by atoms with Crippen molar-refractivity contribution >= 4 is 0 Å². The van der Waals surface area contributed by atoms with E-state index in [0.29, 0.717) is 10.8 Å². The molecule has 0 radical (unpaired) electrons. The summed E-state index contributed by atoms with van der Waals surface area (Å²) in [5.41, 5.74) is 4.20. The van der Waals surface area contributed by atoms with Crippen LogP contribution in [0.5, 0.6) is 0 Å². The average molecular weight is 371 g/mol. The van der Waals surface area contributed by atoms with E-state index in [-0.39, 0.29) is 6.10 Å². The summed E-state index contributed by atoms with van der Waals surface area (Å²) in [5, 5.41) is 10.2. The second-order valence-electron chi connectivity index (χ2n) is 11.0. The fourth-order valence-corrected chi connectivity index (χ4v) is 7.88. The molecule has 4 rings (SSSR count). The van der Waals surface area contributed by atoms with Crippen LogP contribution in [-0.4, -0.2) is 11.2 Å². The van der Waals surface area contributed by atoms with Gasteiger partial charge in [0.15, 0.2) is 0 Å². The first-order valence-corrected chi connectivity index (χ1v) is 12.0. The molecular weight excluding hydrogens is 328 g/mol. The second kappa shape index (κ2) is 7.36. The van der Waals surface area contributed by atoms with E-state index in [1.54, 1.807) is 11.1 Å². The number of fused-ring (bicyclic) bond motifs is 5. The quantitative estimate of drug-likeness (QED) is 0.513. The van der Waals surface area contributed by atoms with Crippen LogP contribution >= 0.6 is 0 Å². The van der Waals surface area contributed by atoms with Crippen molar-refractivity contribution in [1.82, 2.24) is 0 Å². The van der Waals surface area contributed by atoms with Gasteiger partial charge in [0, 0.05) is 0 Å². The molecule has 0 aromatic heterocycles. The Morgan fingerprint density at radius 3 is 2.63 bits per heavy atom. The molecule has 0 saturated heterocycles. The van der Waals surface area contributed by atoms with Crippen LogP contribution in [-0.2, 0) is 0 Å². The summed E-state index contributed by atoms with van der Waals surface area (Å²) in [7, 11) is 0. The van der Waals surface area contributed by atoms with Crippen molar-refractivity contribution in [2.24, 2.45) is 34.5 Å². The highest BCUT2D eigenvalue weighted by Crippen LogP contribution is 2.66. The zero-order valence-electron chi connectivity index (χ0n) is 18.3. The van der Waals surface area contributed by atoms with Crippen LogP contribution in [0.1, 0.15) is 98.3 Å².